The zero-order valence-electron chi connectivity index (χ0n) is 18.1. The highest BCUT2D eigenvalue weighted by Gasteiger charge is 2.65. The van der Waals surface area contributed by atoms with Crippen molar-refractivity contribution in [1.82, 2.24) is 4.90 Å². The van der Waals surface area contributed by atoms with Crippen molar-refractivity contribution in [3.8, 4) is 0 Å². The lowest BCUT2D eigenvalue weighted by molar-refractivity contribution is -0.132. The Labute approximate surface area is 175 Å². The molecule has 0 bridgehead atoms. The lowest BCUT2D eigenvalue weighted by Gasteiger charge is -2.56. The van der Waals surface area contributed by atoms with Gasteiger partial charge in [-0.1, -0.05) is 6.92 Å². The van der Waals surface area contributed by atoms with Gasteiger partial charge in [0.1, 0.15) is 5.78 Å². The number of fused-ring (bicyclic) bond motifs is 7. The molecule has 0 aromatic heterocycles. The Kier molecular flexibility index (Phi) is 4.33. The molecule has 0 amide bonds. The molecule has 0 aromatic carbocycles. The largest absolute Gasteiger partial charge is 0.392 e. The molecule has 0 spiro atoms. The predicted molar refractivity (Wildman–Crippen MR) is 111 cm³/mol. The van der Waals surface area contributed by atoms with Crippen molar-refractivity contribution in [2.45, 2.75) is 82.8 Å². The second-order valence-electron chi connectivity index (χ2n) is 12.1. The van der Waals surface area contributed by atoms with Crippen LogP contribution < -0.4 is 0 Å². The van der Waals surface area contributed by atoms with Gasteiger partial charge in [0.25, 0.3) is 0 Å². The number of carbonyl (C=O) groups excluding carboxylic acids is 1. The van der Waals surface area contributed by atoms with Crippen LogP contribution in [0, 0.1) is 46.8 Å². The maximum Gasteiger partial charge on any atom is 0.150 e. The molecule has 1 aliphatic heterocycles. The summed E-state index contributed by atoms with van der Waals surface area (Å²) < 4.78 is 0. The molecular weight excluding hydrogens is 362 g/mol. The lowest BCUT2D eigenvalue weighted by Crippen LogP contribution is -2.50. The van der Waals surface area contributed by atoms with Gasteiger partial charge in [0.15, 0.2) is 0 Å². The van der Waals surface area contributed by atoms with E-state index in [2.05, 4.69) is 11.8 Å². The van der Waals surface area contributed by atoms with E-state index in [-0.39, 0.29) is 23.0 Å². The van der Waals surface area contributed by atoms with E-state index in [0.717, 1.165) is 61.8 Å². The minimum Gasteiger partial charge on any atom is -0.392 e. The molecule has 2 unspecified atom stereocenters. The molecular formula is C25H39NO3. The summed E-state index contributed by atoms with van der Waals surface area (Å²) in [6.07, 6.45) is 11.5. The summed E-state index contributed by atoms with van der Waals surface area (Å²) in [6, 6.07) is 0. The number of hydrogen-bond acceptors (Lipinski definition) is 4. The zero-order valence-corrected chi connectivity index (χ0v) is 18.1. The Morgan fingerprint density at radius 2 is 1.66 bits per heavy atom. The van der Waals surface area contributed by atoms with Gasteiger partial charge in [-0.05, 0) is 105 Å². The average Bonchev–Trinajstić information content (AvgIpc) is 3.02. The van der Waals surface area contributed by atoms with Crippen molar-refractivity contribution in [3.05, 3.63) is 0 Å². The first-order valence-corrected chi connectivity index (χ1v) is 12.5. The first kappa shape index (κ1) is 19.3. The summed E-state index contributed by atoms with van der Waals surface area (Å²) >= 11 is 0. The fourth-order valence-electron chi connectivity index (χ4n) is 9.50. The van der Waals surface area contributed by atoms with Crippen molar-refractivity contribution in [2.75, 3.05) is 19.6 Å². The summed E-state index contributed by atoms with van der Waals surface area (Å²) in [4.78, 5) is 15.5. The van der Waals surface area contributed by atoms with Crippen molar-refractivity contribution in [3.63, 3.8) is 0 Å². The molecule has 0 radical (unpaired) electrons. The normalized spacial score (nSPS) is 56.2. The van der Waals surface area contributed by atoms with Crippen molar-refractivity contribution < 1.29 is 15.0 Å². The molecule has 29 heavy (non-hydrogen) atoms. The van der Waals surface area contributed by atoms with Gasteiger partial charge >= 0.3 is 0 Å². The molecule has 10 atom stereocenters. The third-order valence-electron chi connectivity index (χ3n) is 11.0. The number of rotatable bonds is 3. The summed E-state index contributed by atoms with van der Waals surface area (Å²) in [5, 5.41) is 20.5. The molecule has 4 heteroatoms. The van der Waals surface area contributed by atoms with Crippen LogP contribution in [0.2, 0.25) is 0 Å². The molecule has 5 saturated carbocycles. The molecule has 5 aliphatic carbocycles. The van der Waals surface area contributed by atoms with Crippen molar-refractivity contribution in [1.29, 1.82) is 0 Å². The fraction of sp³-hybridized carbons (Fsp3) is 0.960. The van der Waals surface area contributed by atoms with E-state index in [1.165, 1.54) is 38.5 Å². The number of aliphatic hydroxyl groups is 2. The van der Waals surface area contributed by atoms with E-state index >= 15 is 0 Å². The van der Waals surface area contributed by atoms with Crippen LogP contribution in [0.15, 0.2) is 0 Å². The van der Waals surface area contributed by atoms with Crippen LogP contribution in [0.3, 0.4) is 0 Å². The molecule has 2 N–H and O–H groups in total. The van der Waals surface area contributed by atoms with Crippen LogP contribution in [0.25, 0.3) is 0 Å². The van der Waals surface area contributed by atoms with Crippen LogP contribution in [0.5, 0.6) is 0 Å². The van der Waals surface area contributed by atoms with Crippen LogP contribution in [0.1, 0.15) is 71.1 Å². The summed E-state index contributed by atoms with van der Waals surface area (Å²) in [5.41, 5.74) is -0.0659. The standard InChI is InChI=1S/C25H39NO3/c1-24-9-6-16-17-7-10-25(29)12-22(25)19(17)3-2-18(16)20(24)4-5-21(24)23(28)14-26-11-8-15(27)13-26/h15-22,27,29H,2-14H2,1H3/t15?,16-,17-,18-,19-,20+,21-,22?,24+,25+/m1/s1. The van der Waals surface area contributed by atoms with E-state index in [4.69, 9.17) is 0 Å². The smallest absolute Gasteiger partial charge is 0.150 e. The Morgan fingerprint density at radius 3 is 2.38 bits per heavy atom. The van der Waals surface area contributed by atoms with Gasteiger partial charge < -0.3 is 10.2 Å². The third-order valence-corrected chi connectivity index (χ3v) is 11.0. The summed E-state index contributed by atoms with van der Waals surface area (Å²) in [5.74, 6) is 5.38. The lowest BCUT2D eigenvalue weighted by atomic mass is 9.49. The number of carbonyl (C=O) groups is 1. The van der Waals surface area contributed by atoms with E-state index in [1.54, 1.807) is 0 Å². The van der Waals surface area contributed by atoms with Crippen molar-refractivity contribution >= 4 is 5.78 Å². The Morgan fingerprint density at radius 1 is 0.931 bits per heavy atom. The minimum absolute atomic E-state index is 0.207. The Bertz CT molecular complexity index is 696. The molecule has 0 aromatic rings. The van der Waals surface area contributed by atoms with Crippen molar-refractivity contribution in [2.24, 2.45) is 46.8 Å². The van der Waals surface area contributed by atoms with Gasteiger partial charge in [0, 0.05) is 19.0 Å². The summed E-state index contributed by atoms with van der Waals surface area (Å²) in [6.45, 7) is 4.57. The zero-order chi connectivity index (χ0) is 20.0. The first-order chi connectivity index (χ1) is 13.9. The third kappa shape index (κ3) is 2.84. The topological polar surface area (TPSA) is 60.8 Å². The predicted octanol–water partition coefficient (Wildman–Crippen LogP) is 3.25. The highest BCUT2D eigenvalue weighted by Crippen LogP contribution is 2.68. The SMILES string of the molecule is C[C@]12CC[C@@H]3[C@H]4CC[C@]5(O)CC5[C@@H]4CC[C@H]3[C@@H]1CC[C@@H]2C(=O)CN1CCC(O)C1. The second kappa shape index (κ2) is 6.53. The monoisotopic (exact) mass is 401 g/mol. The fourth-order valence-corrected chi connectivity index (χ4v) is 9.50. The number of ketones is 1. The quantitative estimate of drug-likeness (QED) is 0.762. The number of hydrogen-bond donors (Lipinski definition) is 2. The average molecular weight is 402 g/mol. The van der Waals surface area contributed by atoms with E-state index in [1.807, 2.05) is 0 Å². The molecule has 1 heterocycles. The van der Waals surface area contributed by atoms with Gasteiger partial charge in [-0.15, -0.1) is 0 Å². The molecule has 6 fully saturated rings. The molecule has 6 rings (SSSR count). The molecule has 4 nitrogen and oxygen atoms in total. The maximum atomic E-state index is 13.3. The minimum atomic E-state index is -0.273. The molecule has 6 aliphatic rings. The second-order valence-corrected chi connectivity index (χ2v) is 12.1. The first-order valence-electron chi connectivity index (χ1n) is 12.5. The van der Waals surface area contributed by atoms with Gasteiger partial charge in [-0.2, -0.15) is 0 Å². The van der Waals surface area contributed by atoms with Crippen LogP contribution in [-0.2, 0) is 4.79 Å². The molecule has 1 saturated heterocycles. The van der Waals surface area contributed by atoms with Crippen LogP contribution in [-0.4, -0.2) is 52.2 Å². The highest BCUT2D eigenvalue weighted by molar-refractivity contribution is 5.84. The number of likely N-dealkylation sites (tertiary alicyclic amines) is 1. The Balaban J connectivity index is 1.16. The highest BCUT2D eigenvalue weighted by atomic mass is 16.3. The number of nitrogens with zero attached hydrogens (tertiary/aromatic N) is 1. The van der Waals surface area contributed by atoms with E-state index in [0.29, 0.717) is 24.8 Å². The van der Waals surface area contributed by atoms with Gasteiger partial charge in [0.05, 0.1) is 18.2 Å². The summed E-state index contributed by atoms with van der Waals surface area (Å²) in [7, 11) is 0. The van der Waals surface area contributed by atoms with Crippen LogP contribution in [0.4, 0.5) is 0 Å². The maximum absolute atomic E-state index is 13.3. The van der Waals surface area contributed by atoms with E-state index in [9.17, 15) is 15.0 Å². The van der Waals surface area contributed by atoms with Gasteiger partial charge in [-0.25, -0.2) is 0 Å². The van der Waals surface area contributed by atoms with Gasteiger partial charge in [-0.3, -0.25) is 9.69 Å². The number of β-amino-alcohol motifs (C(OH)–C–C–N with tert-alkyl or cyclic N) is 1. The van der Waals surface area contributed by atoms with Gasteiger partial charge in [0.2, 0.25) is 0 Å². The molecule has 162 valence electrons. The number of Topliss-reactive ketones (excluding diaryl/α,β-unsaturated/α-hetero) is 1. The Hall–Kier alpha value is -0.450. The van der Waals surface area contributed by atoms with E-state index < -0.39 is 0 Å². The number of aliphatic hydroxyl groups excluding tert-OH is 1. The van der Waals surface area contributed by atoms with Crippen LogP contribution >= 0.6 is 0 Å².